The van der Waals surface area contributed by atoms with Gasteiger partial charge in [-0.05, 0) is 44.7 Å². The number of likely N-dealkylation sites (tertiary alicyclic amines) is 1. The molecule has 0 radical (unpaired) electrons. The predicted octanol–water partition coefficient (Wildman–Crippen LogP) is 2.13. The van der Waals surface area contributed by atoms with E-state index in [0.717, 1.165) is 31.5 Å². The van der Waals surface area contributed by atoms with Gasteiger partial charge in [-0.3, -0.25) is 9.59 Å². The second-order valence-corrected chi connectivity index (χ2v) is 5.40. The summed E-state index contributed by atoms with van der Waals surface area (Å²) in [6.45, 7) is 5.27. The van der Waals surface area contributed by atoms with Crippen molar-refractivity contribution in [3.63, 3.8) is 0 Å². The number of aryl methyl sites for hydroxylation is 1. The number of nitrogens with zero attached hydrogens (tertiary/aromatic N) is 1. The molecule has 1 atom stereocenters. The average Bonchev–Trinajstić information content (AvgIpc) is 2.47. The molecule has 0 aromatic heterocycles. The third kappa shape index (κ3) is 3.38. The van der Waals surface area contributed by atoms with Crippen molar-refractivity contribution in [2.45, 2.75) is 39.2 Å². The second kappa shape index (κ2) is 6.55. The second-order valence-electron chi connectivity index (χ2n) is 5.40. The molecular weight excluding hydrogens is 252 g/mol. The van der Waals surface area contributed by atoms with Crippen molar-refractivity contribution in [2.24, 2.45) is 0 Å². The van der Waals surface area contributed by atoms with Crippen LogP contribution in [0.25, 0.3) is 0 Å². The molecule has 1 aliphatic heterocycles. The van der Waals surface area contributed by atoms with E-state index in [9.17, 15) is 9.59 Å². The van der Waals surface area contributed by atoms with E-state index in [2.05, 4.69) is 5.32 Å². The predicted molar refractivity (Wildman–Crippen MR) is 78.5 cm³/mol. The molecule has 1 N–H and O–H groups in total. The number of rotatable bonds is 3. The van der Waals surface area contributed by atoms with Gasteiger partial charge in [0.1, 0.15) is 6.04 Å². The Bertz CT molecular complexity index is 493. The molecule has 2 rings (SSSR count). The van der Waals surface area contributed by atoms with Gasteiger partial charge < -0.3 is 10.2 Å². The molecule has 20 heavy (non-hydrogen) atoms. The Morgan fingerprint density at radius 2 is 1.80 bits per heavy atom. The Morgan fingerprint density at radius 3 is 2.45 bits per heavy atom. The van der Waals surface area contributed by atoms with Crippen molar-refractivity contribution in [3.05, 3.63) is 35.4 Å². The van der Waals surface area contributed by atoms with Gasteiger partial charge in [0.15, 0.2) is 0 Å². The molecule has 1 aromatic rings. The van der Waals surface area contributed by atoms with Crippen LogP contribution in [0, 0.1) is 6.92 Å². The number of benzene rings is 1. The van der Waals surface area contributed by atoms with Crippen LogP contribution in [0.4, 0.5) is 0 Å². The van der Waals surface area contributed by atoms with E-state index < -0.39 is 6.04 Å². The molecule has 1 fully saturated rings. The SMILES string of the molecule is Cc1ccccc1C(=O)NC(C)C(=O)N1CCCCC1. The fourth-order valence-electron chi connectivity index (χ4n) is 2.55. The topological polar surface area (TPSA) is 49.4 Å². The summed E-state index contributed by atoms with van der Waals surface area (Å²) in [6, 6.07) is 6.93. The van der Waals surface area contributed by atoms with Crippen molar-refractivity contribution < 1.29 is 9.59 Å². The molecule has 1 unspecified atom stereocenters. The smallest absolute Gasteiger partial charge is 0.252 e. The summed E-state index contributed by atoms with van der Waals surface area (Å²) in [5, 5.41) is 2.80. The summed E-state index contributed by atoms with van der Waals surface area (Å²) in [4.78, 5) is 26.3. The van der Waals surface area contributed by atoms with E-state index >= 15 is 0 Å². The maximum atomic E-state index is 12.3. The number of piperidine rings is 1. The normalized spacial score (nSPS) is 16.6. The van der Waals surface area contributed by atoms with E-state index in [4.69, 9.17) is 0 Å². The lowest BCUT2D eigenvalue weighted by atomic mass is 10.1. The van der Waals surface area contributed by atoms with Crippen molar-refractivity contribution >= 4 is 11.8 Å². The quantitative estimate of drug-likeness (QED) is 0.918. The third-order valence-corrected chi connectivity index (χ3v) is 3.78. The zero-order valence-electron chi connectivity index (χ0n) is 12.2. The Hall–Kier alpha value is -1.84. The largest absolute Gasteiger partial charge is 0.341 e. The van der Waals surface area contributed by atoms with E-state index in [-0.39, 0.29) is 11.8 Å². The Balaban J connectivity index is 1.97. The number of carbonyl (C=O) groups is 2. The standard InChI is InChI=1S/C16H22N2O2/c1-12-8-4-5-9-14(12)15(19)17-13(2)16(20)18-10-6-3-7-11-18/h4-5,8-9,13H,3,6-7,10-11H2,1-2H3,(H,17,19). The molecule has 1 heterocycles. The average molecular weight is 274 g/mol. The van der Waals surface area contributed by atoms with E-state index in [1.54, 1.807) is 13.0 Å². The van der Waals surface area contributed by atoms with Gasteiger partial charge in [0.05, 0.1) is 0 Å². The zero-order valence-corrected chi connectivity index (χ0v) is 12.2. The van der Waals surface area contributed by atoms with Crippen molar-refractivity contribution in [3.8, 4) is 0 Å². The molecule has 0 spiro atoms. The lowest BCUT2D eigenvalue weighted by Crippen LogP contribution is -2.48. The highest BCUT2D eigenvalue weighted by Gasteiger charge is 2.23. The fraction of sp³-hybridized carbons (Fsp3) is 0.500. The first-order valence-electron chi connectivity index (χ1n) is 7.25. The molecule has 0 aliphatic carbocycles. The molecule has 1 aromatic carbocycles. The summed E-state index contributed by atoms with van der Waals surface area (Å²) in [6.07, 6.45) is 3.31. The lowest BCUT2D eigenvalue weighted by molar-refractivity contribution is -0.133. The highest BCUT2D eigenvalue weighted by atomic mass is 16.2. The van der Waals surface area contributed by atoms with Crippen molar-refractivity contribution in [1.82, 2.24) is 10.2 Å². The van der Waals surface area contributed by atoms with Crippen LogP contribution in [0.1, 0.15) is 42.1 Å². The molecule has 1 aliphatic rings. The van der Waals surface area contributed by atoms with Crippen LogP contribution in [0.2, 0.25) is 0 Å². The monoisotopic (exact) mass is 274 g/mol. The Labute approximate surface area is 120 Å². The van der Waals surface area contributed by atoms with Crippen LogP contribution in [0.3, 0.4) is 0 Å². The van der Waals surface area contributed by atoms with Crippen molar-refractivity contribution in [2.75, 3.05) is 13.1 Å². The summed E-state index contributed by atoms with van der Waals surface area (Å²) in [5.41, 5.74) is 1.55. The van der Waals surface area contributed by atoms with Gasteiger partial charge in [-0.1, -0.05) is 18.2 Å². The van der Waals surface area contributed by atoms with Crippen molar-refractivity contribution in [1.29, 1.82) is 0 Å². The van der Waals surface area contributed by atoms with E-state index in [1.807, 2.05) is 30.0 Å². The van der Waals surface area contributed by atoms with Gasteiger partial charge in [-0.15, -0.1) is 0 Å². The zero-order chi connectivity index (χ0) is 14.5. The summed E-state index contributed by atoms with van der Waals surface area (Å²) < 4.78 is 0. The first-order chi connectivity index (χ1) is 9.59. The van der Waals surface area contributed by atoms with Crippen LogP contribution >= 0.6 is 0 Å². The summed E-state index contributed by atoms with van der Waals surface area (Å²) >= 11 is 0. The summed E-state index contributed by atoms with van der Waals surface area (Å²) in [7, 11) is 0. The number of hydrogen-bond acceptors (Lipinski definition) is 2. The van der Waals surface area contributed by atoms with Gasteiger partial charge >= 0.3 is 0 Å². The minimum Gasteiger partial charge on any atom is -0.341 e. The van der Waals surface area contributed by atoms with Crippen LogP contribution in [0.5, 0.6) is 0 Å². The van der Waals surface area contributed by atoms with Gasteiger partial charge in [0.25, 0.3) is 5.91 Å². The van der Waals surface area contributed by atoms with Gasteiger partial charge in [-0.2, -0.15) is 0 Å². The fourth-order valence-corrected chi connectivity index (χ4v) is 2.55. The highest BCUT2D eigenvalue weighted by molar-refractivity contribution is 5.98. The maximum absolute atomic E-state index is 12.3. The Kier molecular flexibility index (Phi) is 4.77. The number of carbonyl (C=O) groups excluding carboxylic acids is 2. The molecule has 4 heteroatoms. The summed E-state index contributed by atoms with van der Waals surface area (Å²) in [5.74, 6) is -0.160. The third-order valence-electron chi connectivity index (χ3n) is 3.78. The van der Waals surface area contributed by atoms with Gasteiger partial charge in [0.2, 0.25) is 5.91 Å². The first-order valence-corrected chi connectivity index (χ1v) is 7.25. The first kappa shape index (κ1) is 14.6. The Morgan fingerprint density at radius 1 is 1.15 bits per heavy atom. The molecule has 4 nitrogen and oxygen atoms in total. The lowest BCUT2D eigenvalue weighted by Gasteiger charge is -2.29. The highest BCUT2D eigenvalue weighted by Crippen LogP contribution is 2.11. The minimum atomic E-state index is -0.472. The number of nitrogens with one attached hydrogen (secondary N) is 1. The number of amides is 2. The molecule has 1 saturated heterocycles. The van der Waals surface area contributed by atoms with Crippen LogP contribution in [-0.2, 0) is 4.79 Å². The van der Waals surface area contributed by atoms with Crippen LogP contribution in [-0.4, -0.2) is 35.8 Å². The van der Waals surface area contributed by atoms with Crippen LogP contribution < -0.4 is 5.32 Å². The van der Waals surface area contributed by atoms with Gasteiger partial charge in [-0.25, -0.2) is 0 Å². The maximum Gasteiger partial charge on any atom is 0.252 e. The molecular formula is C16H22N2O2. The molecule has 0 saturated carbocycles. The van der Waals surface area contributed by atoms with Crippen LogP contribution in [0.15, 0.2) is 24.3 Å². The van der Waals surface area contributed by atoms with Gasteiger partial charge in [0, 0.05) is 18.7 Å². The van der Waals surface area contributed by atoms with E-state index in [1.165, 1.54) is 6.42 Å². The molecule has 108 valence electrons. The van der Waals surface area contributed by atoms with E-state index in [0.29, 0.717) is 5.56 Å². The molecule has 2 amide bonds. The number of hydrogen-bond donors (Lipinski definition) is 1. The minimum absolute atomic E-state index is 0.0200. The molecule has 0 bridgehead atoms.